The topological polar surface area (TPSA) is 56.1 Å². The number of nitrogens with one attached hydrogen (secondary N) is 1. The van der Waals surface area contributed by atoms with E-state index in [0.29, 0.717) is 18.8 Å². The monoisotopic (exact) mass is 245 g/mol. The van der Waals surface area contributed by atoms with E-state index in [1.54, 1.807) is 10.9 Å². The van der Waals surface area contributed by atoms with Gasteiger partial charge in [-0.15, -0.1) is 0 Å². The predicted octanol–water partition coefficient (Wildman–Crippen LogP) is 1.08. The lowest BCUT2D eigenvalue weighted by Gasteiger charge is -2.07. The fourth-order valence-electron chi connectivity index (χ4n) is 1.46. The van der Waals surface area contributed by atoms with Crippen LogP contribution in [0.25, 0.3) is 0 Å². The Labute approximate surface area is 105 Å². The molecular formula is C13H15N3O2. The number of carbonyl (C=O) groups excluding carboxylic acids is 1. The van der Waals surface area contributed by atoms with Gasteiger partial charge in [-0.05, 0) is 18.2 Å². The SMILES string of the molecule is O=C(COc1ccccc1)NCCn1cccn1. The molecule has 0 unspecified atom stereocenters. The van der Waals surface area contributed by atoms with Gasteiger partial charge < -0.3 is 10.1 Å². The van der Waals surface area contributed by atoms with Gasteiger partial charge in [-0.3, -0.25) is 9.48 Å². The third kappa shape index (κ3) is 3.93. The van der Waals surface area contributed by atoms with Gasteiger partial charge in [0.2, 0.25) is 0 Å². The van der Waals surface area contributed by atoms with Crippen molar-refractivity contribution in [2.75, 3.05) is 13.2 Å². The van der Waals surface area contributed by atoms with Crippen LogP contribution in [0.15, 0.2) is 48.8 Å². The van der Waals surface area contributed by atoms with Crippen LogP contribution >= 0.6 is 0 Å². The second kappa shape index (κ2) is 6.44. The summed E-state index contributed by atoms with van der Waals surface area (Å²) in [4.78, 5) is 11.5. The lowest BCUT2D eigenvalue weighted by atomic mass is 10.3. The maximum absolute atomic E-state index is 11.5. The van der Waals surface area contributed by atoms with Crippen molar-refractivity contribution >= 4 is 5.91 Å². The van der Waals surface area contributed by atoms with Crippen LogP contribution in [0.2, 0.25) is 0 Å². The average Bonchev–Trinajstić information content (AvgIpc) is 2.91. The molecule has 2 rings (SSSR count). The summed E-state index contributed by atoms with van der Waals surface area (Å²) in [7, 11) is 0. The van der Waals surface area contributed by atoms with Crippen molar-refractivity contribution in [3.8, 4) is 5.75 Å². The first kappa shape index (κ1) is 12.2. The van der Waals surface area contributed by atoms with E-state index >= 15 is 0 Å². The van der Waals surface area contributed by atoms with Gasteiger partial charge in [0.15, 0.2) is 6.61 Å². The van der Waals surface area contributed by atoms with Crippen molar-refractivity contribution < 1.29 is 9.53 Å². The van der Waals surface area contributed by atoms with Crippen LogP contribution in [0.1, 0.15) is 0 Å². The predicted molar refractivity (Wildman–Crippen MR) is 67.2 cm³/mol. The molecule has 5 nitrogen and oxygen atoms in total. The highest BCUT2D eigenvalue weighted by Crippen LogP contribution is 2.07. The standard InChI is InChI=1S/C13H15N3O2/c17-13(11-18-12-5-2-1-3-6-12)14-8-10-16-9-4-7-15-16/h1-7,9H,8,10-11H2,(H,14,17). The zero-order chi connectivity index (χ0) is 12.6. The van der Waals surface area contributed by atoms with Crippen molar-refractivity contribution in [2.24, 2.45) is 0 Å². The van der Waals surface area contributed by atoms with E-state index in [1.807, 2.05) is 42.6 Å². The molecule has 0 bridgehead atoms. The molecule has 0 aliphatic rings. The Kier molecular flexibility index (Phi) is 4.35. The minimum atomic E-state index is -0.133. The number of para-hydroxylation sites is 1. The number of hydrogen-bond acceptors (Lipinski definition) is 3. The second-order valence-corrected chi connectivity index (χ2v) is 3.72. The van der Waals surface area contributed by atoms with Gasteiger partial charge in [-0.2, -0.15) is 5.10 Å². The highest BCUT2D eigenvalue weighted by Gasteiger charge is 2.01. The number of aromatic nitrogens is 2. The van der Waals surface area contributed by atoms with Crippen molar-refractivity contribution in [3.05, 3.63) is 48.8 Å². The van der Waals surface area contributed by atoms with Gasteiger partial charge >= 0.3 is 0 Å². The zero-order valence-electron chi connectivity index (χ0n) is 9.95. The molecule has 1 amide bonds. The minimum absolute atomic E-state index is 0.0309. The molecule has 1 aromatic carbocycles. The number of rotatable bonds is 6. The highest BCUT2D eigenvalue weighted by molar-refractivity contribution is 5.77. The molecule has 0 atom stereocenters. The summed E-state index contributed by atoms with van der Waals surface area (Å²) in [6, 6.07) is 11.1. The van der Waals surface area contributed by atoms with Crippen molar-refractivity contribution in [3.63, 3.8) is 0 Å². The molecule has 2 aromatic rings. The van der Waals surface area contributed by atoms with Gasteiger partial charge in [0.1, 0.15) is 5.75 Å². The molecule has 5 heteroatoms. The Hall–Kier alpha value is -2.30. The molecule has 1 N–H and O–H groups in total. The van der Waals surface area contributed by atoms with Crippen molar-refractivity contribution in [1.82, 2.24) is 15.1 Å². The zero-order valence-corrected chi connectivity index (χ0v) is 9.95. The summed E-state index contributed by atoms with van der Waals surface area (Å²) in [6.07, 6.45) is 3.56. The molecule has 0 aliphatic carbocycles. The van der Waals surface area contributed by atoms with Crippen molar-refractivity contribution in [1.29, 1.82) is 0 Å². The van der Waals surface area contributed by atoms with E-state index in [-0.39, 0.29) is 12.5 Å². The quantitative estimate of drug-likeness (QED) is 0.828. The van der Waals surface area contributed by atoms with E-state index in [4.69, 9.17) is 4.74 Å². The number of benzene rings is 1. The lowest BCUT2D eigenvalue weighted by Crippen LogP contribution is -2.31. The maximum Gasteiger partial charge on any atom is 0.258 e. The largest absolute Gasteiger partial charge is 0.484 e. The van der Waals surface area contributed by atoms with Crippen LogP contribution < -0.4 is 10.1 Å². The van der Waals surface area contributed by atoms with Gasteiger partial charge in [-0.25, -0.2) is 0 Å². The molecule has 94 valence electrons. The summed E-state index contributed by atoms with van der Waals surface area (Å²) in [6.45, 7) is 1.23. The maximum atomic E-state index is 11.5. The number of amides is 1. The molecule has 0 aliphatic heterocycles. The molecule has 0 saturated heterocycles. The molecule has 0 saturated carbocycles. The van der Waals surface area contributed by atoms with E-state index in [1.165, 1.54) is 0 Å². The van der Waals surface area contributed by atoms with Crippen LogP contribution in [0, 0.1) is 0 Å². The minimum Gasteiger partial charge on any atom is -0.484 e. The van der Waals surface area contributed by atoms with Crippen LogP contribution in [0.4, 0.5) is 0 Å². The number of ether oxygens (including phenoxy) is 1. The Balaban J connectivity index is 1.63. The number of hydrogen-bond donors (Lipinski definition) is 1. The Morgan fingerprint density at radius 2 is 2.11 bits per heavy atom. The Morgan fingerprint density at radius 3 is 2.83 bits per heavy atom. The first-order valence-corrected chi connectivity index (χ1v) is 5.76. The summed E-state index contributed by atoms with van der Waals surface area (Å²) >= 11 is 0. The third-order valence-electron chi connectivity index (χ3n) is 2.34. The summed E-state index contributed by atoms with van der Waals surface area (Å²) < 4.78 is 7.08. The summed E-state index contributed by atoms with van der Waals surface area (Å²) in [5.74, 6) is 0.561. The highest BCUT2D eigenvalue weighted by atomic mass is 16.5. The molecule has 0 radical (unpaired) electrons. The molecule has 0 spiro atoms. The first-order valence-electron chi connectivity index (χ1n) is 5.76. The summed E-state index contributed by atoms with van der Waals surface area (Å²) in [5.41, 5.74) is 0. The fraction of sp³-hybridized carbons (Fsp3) is 0.231. The molecule has 18 heavy (non-hydrogen) atoms. The molecule has 0 fully saturated rings. The lowest BCUT2D eigenvalue weighted by molar-refractivity contribution is -0.123. The third-order valence-corrected chi connectivity index (χ3v) is 2.34. The van der Waals surface area contributed by atoms with Crippen LogP contribution in [0.3, 0.4) is 0 Å². The van der Waals surface area contributed by atoms with E-state index < -0.39 is 0 Å². The smallest absolute Gasteiger partial charge is 0.258 e. The van der Waals surface area contributed by atoms with Crippen LogP contribution in [0.5, 0.6) is 5.75 Å². The number of carbonyl (C=O) groups is 1. The van der Waals surface area contributed by atoms with Crippen molar-refractivity contribution in [2.45, 2.75) is 6.54 Å². The second-order valence-electron chi connectivity index (χ2n) is 3.72. The fourth-order valence-corrected chi connectivity index (χ4v) is 1.46. The first-order chi connectivity index (χ1) is 8.84. The van der Waals surface area contributed by atoms with E-state index in [0.717, 1.165) is 0 Å². The van der Waals surface area contributed by atoms with E-state index in [2.05, 4.69) is 10.4 Å². The normalized spacial score (nSPS) is 10.0. The Morgan fingerprint density at radius 1 is 1.28 bits per heavy atom. The molecule has 1 aromatic heterocycles. The van der Waals surface area contributed by atoms with Gasteiger partial charge in [0.05, 0.1) is 6.54 Å². The van der Waals surface area contributed by atoms with Gasteiger partial charge in [-0.1, -0.05) is 18.2 Å². The van der Waals surface area contributed by atoms with Gasteiger partial charge in [0, 0.05) is 18.9 Å². The van der Waals surface area contributed by atoms with Crippen LogP contribution in [-0.4, -0.2) is 28.8 Å². The average molecular weight is 245 g/mol. The molecular weight excluding hydrogens is 230 g/mol. The molecule has 1 heterocycles. The van der Waals surface area contributed by atoms with Gasteiger partial charge in [0.25, 0.3) is 5.91 Å². The number of nitrogens with zero attached hydrogens (tertiary/aromatic N) is 2. The Bertz CT molecular complexity index is 468. The van der Waals surface area contributed by atoms with E-state index in [9.17, 15) is 4.79 Å². The summed E-state index contributed by atoms with van der Waals surface area (Å²) in [5, 5.41) is 6.81. The van der Waals surface area contributed by atoms with Crippen LogP contribution in [-0.2, 0) is 11.3 Å².